The predicted molar refractivity (Wildman–Crippen MR) is 123 cm³/mol. The monoisotopic (exact) mass is 433 g/mol. The lowest BCUT2D eigenvalue weighted by molar-refractivity contribution is -0.0166. The van der Waals surface area contributed by atoms with Crippen LogP contribution in [0, 0.1) is 13.8 Å². The average Bonchev–Trinajstić information content (AvgIpc) is 3.34. The molecule has 0 saturated carbocycles. The maximum atomic E-state index is 13.5. The van der Waals surface area contributed by atoms with Crippen LogP contribution < -0.4 is 11.2 Å². The van der Waals surface area contributed by atoms with Gasteiger partial charge in [0.25, 0.3) is 5.56 Å². The summed E-state index contributed by atoms with van der Waals surface area (Å²) in [7, 11) is 3.23. The zero-order valence-corrected chi connectivity index (χ0v) is 19.2. The third-order valence-electron chi connectivity index (χ3n) is 6.41. The number of ether oxygens (including phenoxy) is 1. The van der Waals surface area contributed by atoms with Crippen molar-refractivity contribution in [2.75, 3.05) is 6.61 Å². The number of aryl methyl sites for hydroxylation is 3. The summed E-state index contributed by atoms with van der Waals surface area (Å²) in [4.78, 5) is 26.5. The van der Waals surface area contributed by atoms with Crippen molar-refractivity contribution in [2.24, 2.45) is 14.1 Å². The van der Waals surface area contributed by atoms with Crippen LogP contribution in [-0.2, 0) is 24.4 Å². The maximum absolute atomic E-state index is 13.5. The number of benzene rings is 1. The minimum Gasteiger partial charge on any atom is -0.463 e. The first-order valence-corrected chi connectivity index (χ1v) is 10.7. The van der Waals surface area contributed by atoms with E-state index in [9.17, 15) is 9.59 Å². The molecule has 7 heteroatoms. The van der Waals surface area contributed by atoms with Crippen molar-refractivity contribution in [1.82, 2.24) is 13.7 Å². The standard InChI is InChI=1S/C25H27N3O4/c1-14-7-10-16(11-8-14)19-18-20(26(5)24(30)27(6)23(18)29)21-22(17-12-9-15(2)32-17)31-13-25(3,4)28(19)21/h7-12,22H,13H2,1-6H3/t22-/m1/s1. The largest absolute Gasteiger partial charge is 0.463 e. The molecule has 4 heterocycles. The average molecular weight is 434 g/mol. The van der Waals surface area contributed by atoms with Crippen LogP contribution in [0.1, 0.15) is 42.7 Å². The van der Waals surface area contributed by atoms with Crippen LogP contribution in [0.15, 0.2) is 50.4 Å². The molecular formula is C25H27N3O4. The van der Waals surface area contributed by atoms with E-state index in [1.165, 1.54) is 11.6 Å². The van der Waals surface area contributed by atoms with Gasteiger partial charge in [0.2, 0.25) is 0 Å². The van der Waals surface area contributed by atoms with Crippen molar-refractivity contribution < 1.29 is 9.15 Å². The lowest BCUT2D eigenvalue weighted by Gasteiger charge is -2.38. The van der Waals surface area contributed by atoms with Crippen molar-refractivity contribution in [3.63, 3.8) is 0 Å². The van der Waals surface area contributed by atoms with Crippen LogP contribution in [0.2, 0.25) is 0 Å². The minimum absolute atomic E-state index is 0.314. The van der Waals surface area contributed by atoms with E-state index >= 15 is 0 Å². The molecule has 0 spiro atoms. The molecule has 7 nitrogen and oxygen atoms in total. The topological polar surface area (TPSA) is 71.3 Å². The van der Waals surface area contributed by atoms with Crippen molar-refractivity contribution in [2.45, 2.75) is 39.3 Å². The number of hydrogen-bond acceptors (Lipinski definition) is 4. The summed E-state index contributed by atoms with van der Waals surface area (Å²) < 4.78 is 17.2. The SMILES string of the molecule is Cc1ccc(-c2c3c(=O)n(C)c(=O)n(C)c3c3n2C(C)(C)CO[C@@H]3c2ccc(C)o2)cc1. The number of furan rings is 1. The van der Waals surface area contributed by atoms with Gasteiger partial charge in [-0.1, -0.05) is 29.8 Å². The van der Waals surface area contributed by atoms with Crippen LogP contribution in [-0.4, -0.2) is 20.3 Å². The lowest BCUT2D eigenvalue weighted by Crippen LogP contribution is -2.40. The molecule has 4 aromatic rings. The Labute approximate surface area is 185 Å². The number of aromatic nitrogens is 3. The first-order chi connectivity index (χ1) is 15.1. The van der Waals surface area contributed by atoms with E-state index in [4.69, 9.17) is 9.15 Å². The van der Waals surface area contributed by atoms with Gasteiger partial charge in [0, 0.05) is 14.1 Å². The molecule has 0 radical (unpaired) electrons. The van der Waals surface area contributed by atoms with Gasteiger partial charge in [-0.3, -0.25) is 13.9 Å². The molecule has 0 N–H and O–H groups in total. The second-order valence-electron chi connectivity index (χ2n) is 9.32. The van der Waals surface area contributed by atoms with Crippen LogP contribution >= 0.6 is 0 Å². The molecule has 166 valence electrons. The van der Waals surface area contributed by atoms with Gasteiger partial charge in [-0.05, 0) is 45.4 Å². The molecule has 1 atom stereocenters. The van der Waals surface area contributed by atoms with E-state index < -0.39 is 11.6 Å². The fourth-order valence-corrected chi connectivity index (χ4v) is 4.79. The van der Waals surface area contributed by atoms with Crippen LogP contribution in [0.3, 0.4) is 0 Å². The highest BCUT2D eigenvalue weighted by Gasteiger charge is 2.41. The Bertz CT molecular complexity index is 1480. The Kier molecular flexibility index (Phi) is 4.40. The zero-order valence-electron chi connectivity index (χ0n) is 19.2. The first-order valence-electron chi connectivity index (χ1n) is 10.7. The van der Waals surface area contributed by atoms with Gasteiger partial charge in [-0.2, -0.15) is 0 Å². The number of fused-ring (bicyclic) bond motifs is 3. The van der Waals surface area contributed by atoms with Crippen LogP contribution in [0.4, 0.5) is 0 Å². The highest BCUT2D eigenvalue weighted by atomic mass is 16.5. The van der Waals surface area contributed by atoms with Gasteiger partial charge >= 0.3 is 5.69 Å². The van der Waals surface area contributed by atoms with Gasteiger partial charge in [-0.15, -0.1) is 0 Å². The summed E-state index contributed by atoms with van der Waals surface area (Å²) in [6.07, 6.45) is -0.531. The second kappa shape index (κ2) is 6.84. The molecule has 3 aromatic heterocycles. The van der Waals surface area contributed by atoms with E-state index in [1.54, 1.807) is 11.6 Å². The highest BCUT2D eigenvalue weighted by molar-refractivity contribution is 5.96. The third kappa shape index (κ3) is 2.77. The summed E-state index contributed by atoms with van der Waals surface area (Å²) >= 11 is 0. The molecule has 0 aliphatic carbocycles. The summed E-state index contributed by atoms with van der Waals surface area (Å²) in [5.41, 5.74) is 3.07. The van der Waals surface area contributed by atoms with E-state index in [1.807, 2.05) is 50.2 Å². The maximum Gasteiger partial charge on any atom is 0.331 e. The Morgan fingerprint density at radius 3 is 2.28 bits per heavy atom. The van der Waals surface area contributed by atoms with E-state index in [0.717, 1.165) is 28.3 Å². The van der Waals surface area contributed by atoms with Crippen molar-refractivity contribution in [1.29, 1.82) is 0 Å². The molecule has 32 heavy (non-hydrogen) atoms. The van der Waals surface area contributed by atoms with Gasteiger partial charge in [0.15, 0.2) is 6.10 Å². The van der Waals surface area contributed by atoms with Gasteiger partial charge in [0.05, 0.1) is 34.4 Å². The molecule has 0 saturated heterocycles. The normalized spacial score (nSPS) is 17.6. The van der Waals surface area contributed by atoms with Crippen molar-refractivity contribution >= 4 is 10.9 Å². The van der Waals surface area contributed by atoms with E-state index in [-0.39, 0.29) is 11.2 Å². The van der Waals surface area contributed by atoms with Crippen molar-refractivity contribution in [3.8, 4) is 11.3 Å². The Morgan fingerprint density at radius 2 is 1.66 bits per heavy atom. The van der Waals surface area contributed by atoms with Gasteiger partial charge < -0.3 is 13.7 Å². The fraction of sp³-hybridized carbons (Fsp3) is 0.360. The molecule has 0 fully saturated rings. The first kappa shape index (κ1) is 20.6. The molecule has 5 rings (SSSR count). The van der Waals surface area contributed by atoms with Crippen molar-refractivity contribution in [3.05, 3.63) is 80.0 Å². The molecule has 1 aromatic carbocycles. The molecule has 1 aliphatic heterocycles. The quantitative estimate of drug-likeness (QED) is 0.483. The van der Waals surface area contributed by atoms with Crippen LogP contribution in [0.25, 0.3) is 22.2 Å². The molecule has 0 bridgehead atoms. The molecule has 1 aliphatic rings. The summed E-state index contributed by atoms with van der Waals surface area (Å²) in [6.45, 7) is 8.51. The smallest absolute Gasteiger partial charge is 0.331 e. The Balaban J connectivity index is 2.02. The second-order valence-corrected chi connectivity index (χ2v) is 9.32. The van der Waals surface area contributed by atoms with Gasteiger partial charge in [-0.25, -0.2) is 4.79 Å². The minimum atomic E-state index is -0.531. The Morgan fingerprint density at radius 1 is 0.969 bits per heavy atom. The van der Waals surface area contributed by atoms with Gasteiger partial charge in [0.1, 0.15) is 11.5 Å². The van der Waals surface area contributed by atoms with Crippen LogP contribution in [0.5, 0.6) is 0 Å². The number of rotatable bonds is 2. The predicted octanol–water partition coefficient (Wildman–Crippen LogP) is 3.77. The fourth-order valence-electron chi connectivity index (χ4n) is 4.79. The lowest BCUT2D eigenvalue weighted by atomic mass is 10.00. The number of hydrogen-bond donors (Lipinski definition) is 0. The molecule has 0 amide bonds. The highest BCUT2D eigenvalue weighted by Crippen LogP contribution is 2.45. The zero-order chi connectivity index (χ0) is 22.9. The third-order valence-corrected chi connectivity index (χ3v) is 6.41. The molecular weight excluding hydrogens is 406 g/mol. The summed E-state index contributed by atoms with van der Waals surface area (Å²) in [6, 6.07) is 11.9. The molecule has 0 unspecified atom stereocenters. The van der Waals surface area contributed by atoms with E-state index in [2.05, 4.69) is 18.4 Å². The Hall–Kier alpha value is -3.32. The summed E-state index contributed by atoms with van der Waals surface area (Å²) in [5, 5.41) is 0.514. The van der Waals surface area contributed by atoms with E-state index in [0.29, 0.717) is 23.3 Å². The summed E-state index contributed by atoms with van der Waals surface area (Å²) in [5.74, 6) is 1.43. The number of nitrogens with zero attached hydrogens (tertiary/aromatic N) is 3.